The Kier molecular flexibility index (Phi) is 2.05. The number of imidazole rings is 1. The molecule has 0 saturated carbocycles. The smallest absolute Gasteiger partial charge is 0.356 e. The lowest BCUT2D eigenvalue weighted by Crippen LogP contribution is -1.94. The third kappa shape index (κ3) is 1.40. The van der Waals surface area contributed by atoms with Crippen LogP contribution in [0.1, 0.15) is 10.5 Å². The molecule has 0 radical (unpaired) electrons. The molecular formula is C7H3Cl2N3O2. The molecule has 2 aromatic rings. The van der Waals surface area contributed by atoms with E-state index in [9.17, 15) is 4.79 Å². The SMILES string of the molecule is O=C(O)c1cn2c(Cl)nc(Cl)cc2n1. The summed E-state index contributed by atoms with van der Waals surface area (Å²) in [6.45, 7) is 0. The Balaban J connectivity index is 2.76. The van der Waals surface area contributed by atoms with Crippen molar-refractivity contribution in [3.05, 3.63) is 28.4 Å². The fourth-order valence-corrected chi connectivity index (χ4v) is 1.48. The molecule has 0 aromatic carbocycles. The van der Waals surface area contributed by atoms with Crippen molar-refractivity contribution >= 4 is 34.8 Å². The number of carboxylic acid groups (broad SMARTS) is 1. The largest absolute Gasteiger partial charge is 0.476 e. The summed E-state index contributed by atoms with van der Waals surface area (Å²) in [6, 6.07) is 1.43. The van der Waals surface area contributed by atoms with Crippen LogP contribution in [-0.2, 0) is 0 Å². The summed E-state index contributed by atoms with van der Waals surface area (Å²) < 4.78 is 1.34. The minimum absolute atomic E-state index is 0.0764. The summed E-state index contributed by atoms with van der Waals surface area (Å²) in [5.74, 6) is -1.12. The zero-order valence-corrected chi connectivity index (χ0v) is 8.12. The number of aromatic carboxylic acids is 1. The van der Waals surface area contributed by atoms with Crippen molar-refractivity contribution in [3.8, 4) is 0 Å². The van der Waals surface area contributed by atoms with Crippen LogP contribution in [-0.4, -0.2) is 25.4 Å². The first-order chi connectivity index (χ1) is 6.58. The Labute approximate surface area is 87.9 Å². The minimum Gasteiger partial charge on any atom is -0.476 e. The van der Waals surface area contributed by atoms with E-state index in [1.807, 2.05) is 0 Å². The van der Waals surface area contributed by atoms with Crippen LogP contribution in [0.4, 0.5) is 0 Å². The number of fused-ring (bicyclic) bond motifs is 1. The van der Waals surface area contributed by atoms with E-state index in [4.69, 9.17) is 28.3 Å². The van der Waals surface area contributed by atoms with Crippen molar-refractivity contribution in [2.75, 3.05) is 0 Å². The van der Waals surface area contributed by atoms with Crippen LogP contribution in [0.2, 0.25) is 10.4 Å². The summed E-state index contributed by atoms with van der Waals surface area (Å²) in [5.41, 5.74) is 0.253. The molecule has 0 bridgehead atoms. The van der Waals surface area contributed by atoms with Crippen molar-refractivity contribution in [2.45, 2.75) is 0 Å². The van der Waals surface area contributed by atoms with E-state index >= 15 is 0 Å². The van der Waals surface area contributed by atoms with E-state index in [-0.39, 0.29) is 16.1 Å². The first-order valence-corrected chi connectivity index (χ1v) is 4.28. The molecule has 0 aliphatic carbocycles. The van der Waals surface area contributed by atoms with Crippen molar-refractivity contribution in [1.82, 2.24) is 14.4 Å². The number of halogens is 2. The molecule has 0 aliphatic rings. The monoisotopic (exact) mass is 231 g/mol. The highest BCUT2D eigenvalue weighted by Gasteiger charge is 2.11. The fraction of sp³-hybridized carbons (Fsp3) is 0. The predicted molar refractivity (Wildman–Crippen MR) is 50.0 cm³/mol. The lowest BCUT2D eigenvalue weighted by atomic mass is 10.5. The third-order valence-corrected chi connectivity index (χ3v) is 2.06. The topological polar surface area (TPSA) is 67.5 Å². The van der Waals surface area contributed by atoms with Crippen LogP contribution in [0.25, 0.3) is 5.65 Å². The molecule has 0 atom stereocenters. The molecule has 2 rings (SSSR count). The number of hydrogen-bond donors (Lipinski definition) is 1. The predicted octanol–water partition coefficient (Wildman–Crippen LogP) is 1.73. The lowest BCUT2D eigenvalue weighted by molar-refractivity contribution is 0.0691. The number of carbonyl (C=O) groups is 1. The Morgan fingerprint density at radius 2 is 2.14 bits per heavy atom. The molecule has 1 N–H and O–H groups in total. The van der Waals surface area contributed by atoms with Crippen molar-refractivity contribution in [1.29, 1.82) is 0 Å². The van der Waals surface area contributed by atoms with Gasteiger partial charge in [0.15, 0.2) is 5.69 Å². The molecule has 0 unspecified atom stereocenters. The second-order valence-electron chi connectivity index (χ2n) is 2.51. The highest BCUT2D eigenvalue weighted by molar-refractivity contribution is 6.32. The van der Waals surface area contributed by atoms with Gasteiger partial charge in [0, 0.05) is 12.3 Å². The third-order valence-electron chi connectivity index (χ3n) is 1.60. The van der Waals surface area contributed by atoms with Crippen molar-refractivity contribution in [3.63, 3.8) is 0 Å². The Morgan fingerprint density at radius 3 is 2.79 bits per heavy atom. The quantitative estimate of drug-likeness (QED) is 0.600. The minimum atomic E-state index is -1.12. The Morgan fingerprint density at radius 1 is 1.43 bits per heavy atom. The van der Waals surface area contributed by atoms with Gasteiger partial charge >= 0.3 is 5.97 Å². The van der Waals surface area contributed by atoms with Crippen LogP contribution >= 0.6 is 23.2 Å². The van der Waals surface area contributed by atoms with Gasteiger partial charge in [-0.1, -0.05) is 11.6 Å². The summed E-state index contributed by atoms with van der Waals surface area (Å²) >= 11 is 11.3. The summed E-state index contributed by atoms with van der Waals surface area (Å²) in [6.07, 6.45) is 1.28. The average molecular weight is 232 g/mol. The standard InChI is InChI=1S/C7H3Cl2N3O2/c8-4-1-5-10-3(6(13)14)2-12(5)7(9)11-4/h1-2H,(H,13,14). The van der Waals surface area contributed by atoms with Crippen LogP contribution in [0.5, 0.6) is 0 Å². The Hall–Kier alpha value is -1.33. The fourth-order valence-electron chi connectivity index (χ4n) is 1.03. The molecule has 5 nitrogen and oxygen atoms in total. The molecule has 0 fully saturated rings. The highest BCUT2D eigenvalue weighted by atomic mass is 35.5. The van der Waals surface area contributed by atoms with Gasteiger partial charge < -0.3 is 5.11 Å². The van der Waals surface area contributed by atoms with Gasteiger partial charge in [-0.2, -0.15) is 0 Å². The van der Waals surface area contributed by atoms with Gasteiger partial charge in [0.05, 0.1) is 0 Å². The van der Waals surface area contributed by atoms with Crippen molar-refractivity contribution in [2.24, 2.45) is 0 Å². The van der Waals surface area contributed by atoms with Gasteiger partial charge in [0.2, 0.25) is 5.28 Å². The first kappa shape index (κ1) is 9.23. The second kappa shape index (κ2) is 3.11. The molecular weight excluding hydrogens is 229 g/mol. The molecule has 7 heteroatoms. The highest BCUT2D eigenvalue weighted by Crippen LogP contribution is 2.16. The maximum absolute atomic E-state index is 10.6. The second-order valence-corrected chi connectivity index (χ2v) is 3.23. The van der Waals surface area contributed by atoms with E-state index in [1.54, 1.807) is 0 Å². The van der Waals surface area contributed by atoms with E-state index in [2.05, 4.69) is 9.97 Å². The summed E-state index contributed by atoms with van der Waals surface area (Å²) in [7, 11) is 0. The lowest BCUT2D eigenvalue weighted by Gasteiger charge is -1.95. The summed E-state index contributed by atoms with van der Waals surface area (Å²) in [4.78, 5) is 18.1. The van der Waals surface area contributed by atoms with Gasteiger partial charge in [0.1, 0.15) is 10.8 Å². The van der Waals surface area contributed by atoms with E-state index in [0.717, 1.165) is 0 Å². The Bertz CT molecular complexity index is 523. The van der Waals surface area contributed by atoms with Crippen LogP contribution in [0.15, 0.2) is 12.3 Å². The maximum Gasteiger partial charge on any atom is 0.356 e. The number of nitrogens with zero attached hydrogens (tertiary/aromatic N) is 3. The van der Waals surface area contributed by atoms with Gasteiger partial charge in [-0.15, -0.1) is 0 Å². The number of rotatable bonds is 1. The zero-order chi connectivity index (χ0) is 10.3. The first-order valence-electron chi connectivity index (χ1n) is 3.52. The zero-order valence-electron chi connectivity index (χ0n) is 6.61. The van der Waals surface area contributed by atoms with Crippen LogP contribution < -0.4 is 0 Å². The number of hydrogen-bond acceptors (Lipinski definition) is 3. The van der Waals surface area contributed by atoms with Gasteiger partial charge in [0.25, 0.3) is 0 Å². The molecule has 0 saturated heterocycles. The molecule has 2 heterocycles. The molecule has 2 aromatic heterocycles. The number of aromatic nitrogens is 3. The van der Waals surface area contributed by atoms with Crippen LogP contribution in [0, 0.1) is 0 Å². The maximum atomic E-state index is 10.6. The molecule has 72 valence electrons. The van der Waals surface area contributed by atoms with E-state index in [0.29, 0.717) is 5.65 Å². The summed E-state index contributed by atoms with van der Waals surface area (Å²) in [5, 5.41) is 8.92. The van der Waals surface area contributed by atoms with E-state index in [1.165, 1.54) is 16.7 Å². The molecule has 14 heavy (non-hydrogen) atoms. The normalized spacial score (nSPS) is 10.7. The average Bonchev–Trinajstić information content (AvgIpc) is 2.47. The van der Waals surface area contributed by atoms with Gasteiger partial charge in [-0.05, 0) is 11.6 Å². The number of carboxylic acids is 1. The van der Waals surface area contributed by atoms with Gasteiger partial charge in [-0.25, -0.2) is 14.8 Å². The van der Waals surface area contributed by atoms with Gasteiger partial charge in [-0.3, -0.25) is 4.40 Å². The van der Waals surface area contributed by atoms with Crippen LogP contribution in [0.3, 0.4) is 0 Å². The van der Waals surface area contributed by atoms with Crippen molar-refractivity contribution < 1.29 is 9.90 Å². The molecule has 0 spiro atoms. The molecule has 0 aliphatic heterocycles. The van der Waals surface area contributed by atoms with E-state index < -0.39 is 5.97 Å². The molecule has 0 amide bonds.